The Labute approximate surface area is 131 Å². The molecule has 2 unspecified atom stereocenters. The summed E-state index contributed by atoms with van der Waals surface area (Å²) in [6, 6.07) is 5.66. The minimum absolute atomic E-state index is 0.0329. The van der Waals surface area contributed by atoms with Gasteiger partial charge in [0.1, 0.15) is 18.0 Å². The average Bonchev–Trinajstić information content (AvgIpc) is 3.15. The lowest BCUT2D eigenvalue weighted by Crippen LogP contribution is -2.49. The molecule has 3 rings (SSSR count). The molecule has 2 atom stereocenters. The van der Waals surface area contributed by atoms with Gasteiger partial charge < -0.3 is 25.8 Å². The number of H-pyrrole nitrogens is 1. The molecular formula is C14H16N6O3. The number of nitrogens with two attached hydrogens (primary N) is 1. The van der Waals surface area contributed by atoms with Crippen molar-refractivity contribution < 1.29 is 15.0 Å². The molecule has 2 aromatic rings. The summed E-state index contributed by atoms with van der Waals surface area (Å²) in [6.45, 7) is 0. The average molecular weight is 316 g/mol. The summed E-state index contributed by atoms with van der Waals surface area (Å²) >= 11 is 0. The van der Waals surface area contributed by atoms with Crippen LogP contribution in [0.2, 0.25) is 0 Å². The van der Waals surface area contributed by atoms with E-state index in [2.05, 4.69) is 20.5 Å². The SMILES string of the molecule is NC1=NNC(c2ccccc2O)N1C(Cc1cnc[nH]1)C(=O)O. The number of carboxylic acids is 1. The minimum Gasteiger partial charge on any atom is -0.508 e. The first-order chi connectivity index (χ1) is 11.1. The third-order valence-electron chi connectivity index (χ3n) is 3.66. The van der Waals surface area contributed by atoms with Crippen molar-refractivity contribution in [2.24, 2.45) is 10.8 Å². The van der Waals surface area contributed by atoms with E-state index in [1.54, 1.807) is 24.4 Å². The molecule has 0 saturated heterocycles. The molecule has 2 heterocycles. The van der Waals surface area contributed by atoms with Gasteiger partial charge in [-0.2, -0.15) is 0 Å². The second-order valence-corrected chi connectivity index (χ2v) is 5.10. The van der Waals surface area contributed by atoms with E-state index in [1.165, 1.54) is 17.3 Å². The van der Waals surface area contributed by atoms with Gasteiger partial charge in [0.2, 0.25) is 5.96 Å². The second kappa shape index (κ2) is 5.87. The molecule has 1 aliphatic rings. The Balaban J connectivity index is 1.94. The summed E-state index contributed by atoms with van der Waals surface area (Å²) in [5.74, 6) is -0.974. The molecule has 0 amide bonds. The number of aromatic hydroxyl groups is 1. The van der Waals surface area contributed by atoms with Crippen molar-refractivity contribution in [2.75, 3.05) is 0 Å². The third-order valence-corrected chi connectivity index (χ3v) is 3.66. The zero-order chi connectivity index (χ0) is 16.4. The summed E-state index contributed by atoms with van der Waals surface area (Å²) < 4.78 is 0. The van der Waals surface area contributed by atoms with Crippen molar-refractivity contribution in [3.05, 3.63) is 48.0 Å². The van der Waals surface area contributed by atoms with E-state index >= 15 is 0 Å². The lowest BCUT2D eigenvalue weighted by Gasteiger charge is -2.31. The van der Waals surface area contributed by atoms with E-state index in [0.717, 1.165) is 0 Å². The van der Waals surface area contributed by atoms with Crippen LogP contribution < -0.4 is 11.2 Å². The Hall–Kier alpha value is -3.23. The van der Waals surface area contributed by atoms with E-state index < -0.39 is 18.2 Å². The minimum atomic E-state index is -1.05. The summed E-state index contributed by atoms with van der Waals surface area (Å²) in [5.41, 5.74) is 9.79. The van der Waals surface area contributed by atoms with Crippen LogP contribution in [0.1, 0.15) is 17.4 Å². The van der Waals surface area contributed by atoms with Crippen LogP contribution in [0.5, 0.6) is 5.75 Å². The van der Waals surface area contributed by atoms with E-state index in [4.69, 9.17) is 5.73 Å². The number of benzene rings is 1. The standard InChI is InChI=1S/C14H16N6O3/c15-14-19-18-12(9-3-1-2-4-11(9)21)20(14)10(13(22)23)5-8-6-16-7-17-8/h1-4,6-7,10,12,18,21H,5H2,(H2,15,19)(H,16,17)(H,22,23). The van der Waals surface area contributed by atoms with Crippen LogP contribution in [0, 0.1) is 0 Å². The number of phenols is 1. The molecule has 1 aromatic carbocycles. The number of aliphatic carboxylic acids is 1. The predicted octanol–water partition coefficient (Wildman–Crippen LogP) is -0.0553. The fourth-order valence-electron chi connectivity index (χ4n) is 2.57. The molecule has 0 aliphatic carbocycles. The van der Waals surface area contributed by atoms with Crippen molar-refractivity contribution in [1.29, 1.82) is 0 Å². The van der Waals surface area contributed by atoms with Gasteiger partial charge >= 0.3 is 5.97 Å². The maximum absolute atomic E-state index is 11.7. The Morgan fingerprint density at radius 1 is 1.43 bits per heavy atom. The number of hydrogen-bond donors (Lipinski definition) is 5. The van der Waals surface area contributed by atoms with Crippen LogP contribution in [-0.2, 0) is 11.2 Å². The van der Waals surface area contributed by atoms with Gasteiger partial charge in [-0.15, -0.1) is 5.10 Å². The Morgan fingerprint density at radius 3 is 2.87 bits per heavy atom. The number of carboxylic acid groups (broad SMARTS) is 1. The molecule has 9 nitrogen and oxygen atoms in total. The molecule has 1 aliphatic heterocycles. The Bertz CT molecular complexity index is 730. The van der Waals surface area contributed by atoms with Gasteiger partial charge in [0, 0.05) is 23.9 Å². The van der Waals surface area contributed by atoms with Crippen molar-refractivity contribution in [3.8, 4) is 5.75 Å². The van der Waals surface area contributed by atoms with Crippen LogP contribution in [-0.4, -0.2) is 43.1 Å². The zero-order valence-corrected chi connectivity index (χ0v) is 12.0. The number of rotatable bonds is 5. The van der Waals surface area contributed by atoms with Gasteiger partial charge in [0.25, 0.3) is 0 Å². The van der Waals surface area contributed by atoms with Gasteiger partial charge in [-0.1, -0.05) is 18.2 Å². The number of aromatic amines is 1. The first-order valence-corrected chi connectivity index (χ1v) is 6.93. The van der Waals surface area contributed by atoms with Gasteiger partial charge in [-0.3, -0.25) is 5.43 Å². The smallest absolute Gasteiger partial charge is 0.326 e. The number of aromatic nitrogens is 2. The first-order valence-electron chi connectivity index (χ1n) is 6.93. The maximum atomic E-state index is 11.7. The number of phenolic OH excluding ortho intramolecular Hbond substituents is 1. The molecule has 6 N–H and O–H groups in total. The van der Waals surface area contributed by atoms with Crippen LogP contribution >= 0.6 is 0 Å². The predicted molar refractivity (Wildman–Crippen MR) is 81.2 cm³/mol. The summed E-state index contributed by atoms with van der Waals surface area (Å²) in [4.78, 5) is 19.9. The van der Waals surface area contributed by atoms with Gasteiger partial charge in [-0.05, 0) is 6.07 Å². The second-order valence-electron chi connectivity index (χ2n) is 5.10. The van der Waals surface area contributed by atoms with Crippen molar-refractivity contribution in [1.82, 2.24) is 20.3 Å². The number of hydrazone groups is 1. The van der Waals surface area contributed by atoms with Gasteiger partial charge in [-0.25, -0.2) is 9.78 Å². The van der Waals surface area contributed by atoms with E-state index in [9.17, 15) is 15.0 Å². The Kier molecular flexibility index (Phi) is 3.75. The number of nitrogens with zero attached hydrogens (tertiary/aromatic N) is 3. The van der Waals surface area contributed by atoms with Crippen molar-refractivity contribution in [3.63, 3.8) is 0 Å². The normalized spacial score (nSPS) is 18.3. The highest BCUT2D eigenvalue weighted by Crippen LogP contribution is 2.31. The molecule has 0 radical (unpaired) electrons. The highest BCUT2D eigenvalue weighted by atomic mass is 16.4. The molecule has 120 valence electrons. The Morgan fingerprint density at radius 2 is 2.22 bits per heavy atom. The number of imidazole rings is 1. The van der Waals surface area contributed by atoms with Crippen molar-refractivity contribution in [2.45, 2.75) is 18.6 Å². The van der Waals surface area contributed by atoms with Crippen molar-refractivity contribution >= 4 is 11.9 Å². The quantitative estimate of drug-likeness (QED) is 0.520. The molecule has 23 heavy (non-hydrogen) atoms. The molecule has 0 spiro atoms. The van der Waals surface area contributed by atoms with Crippen LogP contribution in [0.3, 0.4) is 0 Å². The van der Waals surface area contributed by atoms with E-state index in [-0.39, 0.29) is 18.1 Å². The van der Waals surface area contributed by atoms with Crippen LogP contribution in [0.4, 0.5) is 0 Å². The highest BCUT2D eigenvalue weighted by molar-refractivity contribution is 5.86. The lowest BCUT2D eigenvalue weighted by atomic mass is 10.1. The number of carbonyl (C=O) groups is 1. The molecule has 0 saturated carbocycles. The molecule has 0 bridgehead atoms. The number of nitrogens with one attached hydrogen (secondary N) is 2. The van der Waals surface area contributed by atoms with E-state index in [1.807, 2.05) is 0 Å². The summed E-state index contributed by atoms with van der Waals surface area (Å²) in [7, 11) is 0. The monoisotopic (exact) mass is 316 g/mol. The number of hydrogen-bond acceptors (Lipinski definition) is 7. The molecule has 0 fully saturated rings. The van der Waals surface area contributed by atoms with Crippen LogP contribution in [0.25, 0.3) is 0 Å². The summed E-state index contributed by atoms with van der Waals surface area (Å²) in [6.07, 6.45) is 2.54. The zero-order valence-electron chi connectivity index (χ0n) is 12.0. The lowest BCUT2D eigenvalue weighted by molar-refractivity contribution is -0.142. The topological polar surface area (TPSA) is 140 Å². The largest absolute Gasteiger partial charge is 0.508 e. The summed E-state index contributed by atoms with van der Waals surface area (Å²) in [5, 5.41) is 23.6. The van der Waals surface area contributed by atoms with Gasteiger partial charge in [0.15, 0.2) is 0 Å². The molecule has 1 aromatic heterocycles. The fraction of sp³-hybridized carbons (Fsp3) is 0.214. The first kappa shape index (κ1) is 14.7. The number of para-hydroxylation sites is 1. The molecule has 9 heteroatoms. The van der Waals surface area contributed by atoms with Crippen LogP contribution in [0.15, 0.2) is 41.9 Å². The molecular weight excluding hydrogens is 300 g/mol. The number of guanidine groups is 1. The van der Waals surface area contributed by atoms with Gasteiger partial charge in [0.05, 0.1) is 6.33 Å². The fourth-order valence-corrected chi connectivity index (χ4v) is 2.57. The maximum Gasteiger partial charge on any atom is 0.326 e. The highest BCUT2D eigenvalue weighted by Gasteiger charge is 2.38. The van der Waals surface area contributed by atoms with E-state index in [0.29, 0.717) is 11.3 Å². The third kappa shape index (κ3) is 2.76.